The number of carbonyl (C=O) groups excluding carboxylic acids is 1. The summed E-state index contributed by atoms with van der Waals surface area (Å²) in [4.78, 5) is 11.8. The second-order valence-corrected chi connectivity index (χ2v) is 4.99. The van der Waals surface area contributed by atoms with Crippen LogP contribution in [0.2, 0.25) is 0 Å². The maximum Gasteiger partial charge on any atom is 0.251 e. The quantitative estimate of drug-likeness (QED) is 0.789. The molecule has 0 aromatic carbocycles. The van der Waals surface area contributed by atoms with Crippen LogP contribution in [-0.4, -0.2) is 44.0 Å². The molecule has 0 spiro atoms. The maximum absolute atomic E-state index is 11.8. The van der Waals surface area contributed by atoms with Gasteiger partial charge in [-0.15, -0.1) is 5.10 Å². The van der Waals surface area contributed by atoms with Crippen LogP contribution < -0.4 is 5.32 Å². The maximum atomic E-state index is 11.8. The van der Waals surface area contributed by atoms with E-state index < -0.39 is 0 Å². The van der Waals surface area contributed by atoms with Gasteiger partial charge in [-0.05, 0) is 34.7 Å². The fourth-order valence-corrected chi connectivity index (χ4v) is 2.21. The van der Waals surface area contributed by atoms with Gasteiger partial charge in [0.2, 0.25) is 0 Å². The zero-order chi connectivity index (χ0) is 12.8. The first-order valence-electron chi connectivity index (χ1n) is 5.85. The molecule has 0 aliphatic rings. The molecule has 0 aliphatic carbocycles. The molecule has 96 valence electrons. The predicted molar refractivity (Wildman–Crippen MR) is 70.7 cm³/mol. The second kappa shape index (κ2) is 6.34. The number of amides is 1. The predicted octanol–water partition coefficient (Wildman–Crippen LogP) is 0.997. The van der Waals surface area contributed by atoms with Crippen LogP contribution in [0.1, 0.15) is 23.7 Å². The molecule has 0 radical (unpaired) electrons. The molecular formula is C11H15N5OS. The summed E-state index contributed by atoms with van der Waals surface area (Å²) in [6.07, 6.45) is 2.84. The Bertz CT molecular complexity index is 527. The Labute approximate surface area is 109 Å². The summed E-state index contributed by atoms with van der Waals surface area (Å²) in [5, 5.41) is 13.9. The molecule has 0 fully saturated rings. The molecule has 2 heterocycles. The normalized spacial score (nSPS) is 10.7. The van der Waals surface area contributed by atoms with Crippen LogP contribution in [0.3, 0.4) is 0 Å². The van der Waals surface area contributed by atoms with Crippen molar-refractivity contribution in [2.45, 2.75) is 13.3 Å². The van der Waals surface area contributed by atoms with Crippen LogP contribution in [0.25, 0.3) is 5.65 Å². The van der Waals surface area contributed by atoms with Crippen molar-refractivity contribution in [3.63, 3.8) is 0 Å². The number of carbonyl (C=O) groups is 1. The standard InChI is InChI=1S/C11H15N5OS/c1-2-6-18-7-4-12-11(17)9-3-5-16-10(8-9)13-14-15-16/h3,5,8H,2,4,6-7H2,1H3,(H,12,17). The summed E-state index contributed by atoms with van der Waals surface area (Å²) in [5.41, 5.74) is 1.15. The van der Waals surface area contributed by atoms with Gasteiger partial charge in [-0.1, -0.05) is 6.92 Å². The van der Waals surface area contributed by atoms with Gasteiger partial charge in [-0.25, -0.2) is 4.52 Å². The Morgan fingerprint density at radius 2 is 2.39 bits per heavy atom. The third kappa shape index (κ3) is 3.19. The lowest BCUT2D eigenvalue weighted by molar-refractivity contribution is 0.0956. The fourth-order valence-electron chi connectivity index (χ4n) is 1.47. The first kappa shape index (κ1) is 12.8. The lowest BCUT2D eigenvalue weighted by Crippen LogP contribution is -2.25. The van der Waals surface area contributed by atoms with Crippen molar-refractivity contribution in [1.29, 1.82) is 0 Å². The van der Waals surface area contributed by atoms with Gasteiger partial charge in [0.15, 0.2) is 5.65 Å². The molecule has 1 amide bonds. The number of hydrogen-bond donors (Lipinski definition) is 1. The van der Waals surface area contributed by atoms with Crippen LogP contribution in [0.5, 0.6) is 0 Å². The van der Waals surface area contributed by atoms with E-state index in [0.717, 1.165) is 17.9 Å². The van der Waals surface area contributed by atoms with E-state index in [9.17, 15) is 4.79 Å². The summed E-state index contributed by atoms with van der Waals surface area (Å²) in [7, 11) is 0. The number of nitrogens with one attached hydrogen (secondary N) is 1. The van der Waals surface area contributed by atoms with E-state index in [1.54, 1.807) is 18.3 Å². The van der Waals surface area contributed by atoms with Gasteiger partial charge in [0, 0.05) is 24.1 Å². The van der Waals surface area contributed by atoms with Gasteiger partial charge in [-0.2, -0.15) is 11.8 Å². The Balaban J connectivity index is 1.88. The largest absolute Gasteiger partial charge is 0.351 e. The van der Waals surface area contributed by atoms with Crippen LogP contribution in [0, 0.1) is 0 Å². The molecule has 7 heteroatoms. The van der Waals surface area contributed by atoms with Gasteiger partial charge in [0.25, 0.3) is 5.91 Å². The summed E-state index contributed by atoms with van der Waals surface area (Å²) < 4.78 is 1.52. The zero-order valence-electron chi connectivity index (χ0n) is 10.2. The number of tetrazole rings is 1. The highest BCUT2D eigenvalue weighted by Crippen LogP contribution is 2.04. The van der Waals surface area contributed by atoms with E-state index in [0.29, 0.717) is 17.8 Å². The Morgan fingerprint density at radius 1 is 1.50 bits per heavy atom. The highest BCUT2D eigenvalue weighted by Gasteiger charge is 2.06. The lowest BCUT2D eigenvalue weighted by Gasteiger charge is -2.04. The highest BCUT2D eigenvalue weighted by molar-refractivity contribution is 7.99. The van der Waals surface area contributed by atoms with Crippen LogP contribution in [0.15, 0.2) is 18.3 Å². The third-order valence-electron chi connectivity index (χ3n) is 2.34. The van der Waals surface area contributed by atoms with E-state index in [4.69, 9.17) is 0 Å². The van der Waals surface area contributed by atoms with Crippen molar-refractivity contribution in [3.8, 4) is 0 Å². The molecule has 0 aliphatic heterocycles. The Hall–Kier alpha value is -1.63. The van der Waals surface area contributed by atoms with Crippen molar-refractivity contribution >= 4 is 23.3 Å². The van der Waals surface area contributed by atoms with E-state index in [2.05, 4.69) is 27.8 Å². The van der Waals surface area contributed by atoms with Gasteiger partial charge in [-0.3, -0.25) is 4.79 Å². The SMILES string of the molecule is CCCSCCNC(=O)c1ccn2nnnc2c1. The number of pyridine rings is 1. The van der Waals surface area contributed by atoms with Crippen LogP contribution in [0.4, 0.5) is 0 Å². The topological polar surface area (TPSA) is 72.2 Å². The first-order chi connectivity index (χ1) is 8.81. The third-order valence-corrected chi connectivity index (χ3v) is 3.53. The minimum Gasteiger partial charge on any atom is -0.351 e. The Kier molecular flexibility index (Phi) is 4.52. The van der Waals surface area contributed by atoms with Crippen molar-refractivity contribution in [2.75, 3.05) is 18.1 Å². The van der Waals surface area contributed by atoms with Gasteiger partial charge in [0.05, 0.1) is 0 Å². The molecule has 1 N–H and O–H groups in total. The van der Waals surface area contributed by atoms with Gasteiger partial charge >= 0.3 is 0 Å². The molecule has 6 nitrogen and oxygen atoms in total. The number of hydrogen-bond acceptors (Lipinski definition) is 5. The van der Waals surface area contributed by atoms with Crippen molar-refractivity contribution in [3.05, 3.63) is 23.9 Å². The lowest BCUT2D eigenvalue weighted by atomic mass is 10.2. The van der Waals surface area contributed by atoms with Crippen LogP contribution in [-0.2, 0) is 0 Å². The van der Waals surface area contributed by atoms with E-state index in [-0.39, 0.29) is 5.91 Å². The van der Waals surface area contributed by atoms with E-state index in [1.807, 2.05) is 11.8 Å². The van der Waals surface area contributed by atoms with Gasteiger partial charge in [0.1, 0.15) is 0 Å². The molecule has 2 aromatic rings. The minimum atomic E-state index is -0.0856. The fraction of sp³-hybridized carbons (Fsp3) is 0.455. The molecule has 18 heavy (non-hydrogen) atoms. The molecule has 2 aromatic heterocycles. The zero-order valence-corrected chi connectivity index (χ0v) is 11.0. The van der Waals surface area contributed by atoms with Crippen molar-refractivity contribution in [1.82, 2.24) is 25.4 Å². The number of nitrogens with zero attached hydrogens (tertiary/aromatic N) is 4. The summed E-state index contributed by atoms with van der Waals surface area (Å²) in [6.45, 7) is 2.83. The van der Waals surface area contributed by atoms with E-state index >= 15 is 0 Å². The highest BCUT2D eigenvalue weighted by atomic mass is 32.2. The molecular weight excluding hydrogens is 250 g/mol. The molecule has 0 bridgehead atoms. The average Bonchev–Trinajstić information content (AvgIpc) is 2.85. The molecule has 0 saturated carbocycles. The smallest absolute Gasteiger partial charge is 0.251 e. The number of fused-ring (bicyclic) bond motifs is 1. The number of rotatable bonds is 6. The van der Waals surface area contributed by atoms with E-state index in [1.165, 1.54) is 4.52 Å². The molecule has 0 atom stereocenters. The van der Waals surface area contributed by atoms with Gasteiger partial charge < -0.3 is 5.32 Å². The first-order valence-corrected chi connectivity index (χ1v) is 7.00. The summed E-state index contributed by atoms with van der Waals surface area (Å²) >= 11 is 1.84. The van der Waals surface area contributed by atoms with Crippen molar-refractivity contribution in [2.24, 2.45) is 0 Å². The molecule has 2 rings (SSSR count). The molecule has 0 unspecified atom stereocenters. The minimum absolute atomic E-state index is 0.0856. The number of aromatic nitrogens is 4. The summed E-state index contributed by atoms with van der Waals surface area (Å²) in [5.74, 6) is 1.99. The average molecular weight is 265 g/mol. The monoisotopic (exact) mass is 265 g/mol. The second-order valence-electron chi connectivity index (χ2n) is 3.77. The van der Waals surface area contributed by atoms with Crippen molar-refractivity contribution < 1.29 is 4.79 Å². The summed E-state index contributed by atoms with van der Waals surface area (Å²) in [6, 6.07) is 3.38. The Morgan fingerprint density at radius 3 is 3.22 bits per heavy atom. The van der Waals surface area contributed by atoms with Crippen LogP contribution >= 0.6 is 11.8 Å². The number of thioether (sulfide) groups is 1. The molecule has 0 saturated heterocycles.